The van der Waals surface area contributed by atoms with Crippen molar-refractivity contribution >= 4 is 33.1 Å². The van der Waals surface area contributed by atoms with Crippen LogP contribution in [0.4, 0.5) is 0 Å². The minimum absolute atomic E-state index is 0.00529. The SMILES string of the molecule is CC[C@H](C)N(C(=O)COC(=O)c1cc2c(s1)CCC2)[C@H]1CCS(=O)(=O)C1. The summed E-state index contributed by atoms with van der Waals surface area (Å²) in [7, 11) is -3.09. The van der Waals surface area contributed by atoms with Crippen LogP contribution >= 0.6 is 11.3 Å². The highest BCUT2D eigenvalue weighted by Gasteiger charge is 2.36. The summed E-state index contributed by atoms with van der Waals surface area (Å²) in [6.45, 7) is 3.50. The maximum absolute atomic E-state index is 12.7. The highest BCUT2D eigenvalue weighted by Crippen LogP contribution is 2.31. The summed E-state index contributed by atoms with van der Waals surface area (Å²) >= 11 is 1.45. The van der Waals surface area contributed by atoms with E-state index in [1.54, 1.807) is 4.90 Å². The Hall–Kier alpha value is -1.41. The minimum atomic E-state index is -3.09. The Balaban J connectivity index is 1.62. The lowest BCUT2D eigenvalue weighted by Crippen LogP contribution is -2.48. The molecule has 3 rings (SSSR count). The van der Waals surface area contributed by atoms with E-state index < -0.39 is 15.8 Å². The zero-order valence-electron chi connectivity index (χ0n) is 15.2. The molecular weight excluding hydrogens is 374 g/mol. The van der Waals surface area contributed by atoms with Crippen LogP contribution in [0.25, 0.3) is 0 Å². The summed E-state index contributed by atoms with van der Waals surface area (Å²) in [6.07, 6.45) is 4.29. The van der Waals surface area contributed by atoms with Gasteiger partial charge in [0.2, 0.25) is 0 Å². The topological polar surface area (TPSA) is 80.8 Å². The lowest BCUT2D eigenvalue weighted by atomic mass is 10.1. The van der Waals surface area contributed by atoms with Gasteiger partial charge in [0.05, 0.1) is 11.5 Å². The van der Waals surface area contributed by atoms with Crippen LogP contribution in [0.5, 0.6) is 0 Å². The Labute approximate surface area is 158 Å². The molecule has 0 N–H and O–H groups in total. The summed E-state index contributed by atoms with van der Waals surface area (Å²) in [5.74, 6) is -0.688. The van der Waals surface area contributed by atoms with Gasteiger partial charge < -0.3 is 9.64 Å². The number of sulfone groups is 1. The molecule has 1 fully saturated rings. The minimum Gasteiger partial charge on any atom is -0.451 e. The van der Waals surface area contributed by atoms with Crippen molar-refractivity contribution in [3.63, 3.8) is 0 Å². The molecule has 1 aliphatic carbocycles. The maximum Gasteiger partial charge on any atom is 0.348 e. The molecule has 8 heteroatoms. The highest BCUT2D eigenvalue weighted by molar-refractivity contribution is 7.91. The van der Waals surface area contributed by atoms with E-state index in [4.69, 9.17) is 4.74 Å². The number of esters is 1. The van der Waals surface area contributed by atoms with Crippen molar-refractivity contribution in [1.29, 1.82) is 0 Å². The number of aryl methyl sites for hydroxylation is 2. The van der Waals surface area contributed by atoms with Crippen LogP contribution in [0.2, 0.25) is 0 Å². The average molecular weight is 400 g/mol. The van der Waals surface area contributed by atoms with Gasteiger partial charge in [-0.3, -0.25) is 4.79 Å². The first-order valence-corrected chi connectivity index (χ1v) is 11.7. The summed E-state index contributed by atoms with van der Waals surface area (Å²) in [5, 5.41) is 0. The predicted octanol–water partition coefficient (Wildman–Crippen LogP) is 2.21. The third kappa shape index (κ3) is 4.11. The number of rotatable bonds is 6. The van der Waals surface area contributed by atoms with Crippen LogP contribution in [0.3, 0.4) is 0 Å². The monoisotopic (exact) mass is 399 g/mol. The molecule has 1 aromatic heterocycles. The summed E-state index contributed by atoms with van der Waals surface area (Å²) in [5.41, 5.74) is 1.21. The molecule has 1 aromatic rings. The van der Waals surface area contributed by atoms with Gasteiger partial charge >= 0.3 is 5.97 Å². The molecule has 2 atom stereocenters. The van der Waals surface area contributed by atoms with Crippen molar-refractivity contribution < 1.29 is 22.7 Å². The normalized spacial score (nSPS) is 22.0. The Morgan fingerprint density at radius 3 is 2.77 bits per heavy atom. The van der Waals surface area contributed by atoms with Crippen LogP contribution in [0.15, 0.2) is 6.07 Å². The molecule has 1 aliphatic heterocycles. The van der Waals surface area contributed by atoms with E-state index in [1.165, 1.54) is 21.8 Å². The van der Waals surface area contributed by atoms with Gasteiger partial charge in [0.15, 0.2) is 16.4 Å². The molecule has 0 radical (unpaired) electrons. The number of hydrogen-bond acceptors (Lipinski definition) is 6. The number of carbonyl (C=O) groups excluding carboxylic acids is 2. The van der Waals surface area contributed by atoms with Crippen molar-refractivity contribution in [2.45, 2.75) is 58.0 Å². The fourth-order valence-electron chi connectivity index (χ4n) is 3.70. The van der Waals surface area contributed by atoms with Crippen LogP contribution in [-0.4, -0.2) is 55.4 Å². The first kappa shape index (κ1) is 19.4. The van der Waals surface area contributed by atoms with Crippen molar-refractivity contribution in [2.75, 3.05) is 18.1 Å². The van der Waals surface area contributed by atoms with Gasteiger partial charge in [0.25, 0.3) is 5.91 Å². The number of nitrogens with zero attached hydrogens (tertiary/aromatic N) is 1. The van der Waals surface area contributed by atoms with E-state index in [0.717, 1.165) is 19.3 Å². The molecule has 0 saturated carbocycles. The van der Waals surface area contributed by atoms with Gasteiger partial charge in [-0.2, -0.15) is 0 Å². The number of ether oxygens (including phenoxy) is 1. The number of hydrogen-bond donors (Lipinski definition) is 0. The van der Waals surface area contributed by atoms with E-state index >= 15 is 0 Å². The van der Waals surface area contributed by atoms with Gasteiger partial charge in [-0.15, -0.1) is 11.3 Å². The number of carbonyl (C=O) groups is 2. The number of thiophene rings is 1. The van der Waals surface area contributed by atoms with Crippen LogP contribution < -0.4 is 0 Å². The second-order valence-corrected chi connectivity index (χ2v) is 10.5. The molecule has 2 aliphatic rings. The van der Waals surface area contributed by atoms with Crippen molar-refractivity contribution in [3.05, 3.63) is 21.4 Å². The third-order valence-electron chi connectivity index (χ3n) is 5.23. The number of fused-ring (bicyclic) bond motifs is 1. The van der Waals surface area contributed by atoms with Crippen LogP contribution in [0, 0.1) is 0 Å². The fraction of sp³-hybridized carbons (Fsp3) is 0.667. The second-order valence-electron chi connectivity index (χ2n) is 7.10. The first-order chi connectivity index (χ1) is 12.3. The van der Waals surface area contributed by atoms with Crippen LogP contribution in [0.1, 0.15) is 53.2 Å². The zero-order chi connectivity index (χ0) is 18.9. The summed E-state index contributed by atoms with van der Waals surface area (Å²) < 4.78 is 28.8. The molecule has 0 bridgehead atoms. The van der Waals surface area contributed by atoms with Crippen molar-refractivity contribution in [3.8, 4) is 0 Å². The molecule has 0 unspecified atom stereocenters. The zero-order valence-corrected chi connectivity index (χ0v) is 16.8. The second kappa shape index (κ2) is 7.68. The largest absolute Gasteiger partial charge is 0.451 e. The third-order valence-corrected chi connectivity index (χ3v) is 8.20. The van der Waals surface area contributed by atoms with Crippen molar-refractivity contribution in [2.24, 2.45) is 0 Å². The molecule has 144 valence electrons. The van der Waals surface area contributed by atoms with Gasteiger partial charge in [-0.25, -0.2) is 13.2 Å². The van der Waals surface area contributed by atoms with Gasteiger partial charge in [0, 0.05) is 17.0 Å². The quantitative estimate of drug-likeness (QED) is 0.685. The molecule has 1 saturated heterocycles. The van der Waals surface area contributed by atoms with Crippen molar-refractivity contribution in [1.82, 2.24) is 4.90 Å². The number of amides is 1. The average Bonchev–Trinajstić information content (AvgIpc) is 3.27. The van der Waals surface area contributed by atoms with Gasteiger partial charge in [-0.1, -0.05) is 6.92 Å². The van der Waals surface area contributed by atoms with E-state index in [9.17, 15) is 18.0 Å². The molecule has 1 amide bonds. The molecule has 0 spiro atoms. The first-order valence-electron chi connectivity index (χ1n) is 9.11. The highest BCUT2D eigenvalue weighted by atomic mass is 32.2. The molecule has 2 heterocycles. The fourth-order valence-corrected chi connectivity index (χ4v) is 6.56. The van der Waals surface area contributed by atoms with Gasteiger partial charge in [-0.05, 0) is 50.7 Å². The van der Waals surface area contributed by atoms with E-state index in [-0.39, 0.29) is 36.1 Å². The van der Waals surface area contributed by atoms with Gasteiger partial charge in [0.1, 0.15) is 4.88 Å². The maximum atomic E-state index is 12.7. The van der Waals surface area contributed by atoms with E-state index in [0.29, 0.717) is 17.7 Å². The Morgan fingerprint density at radius 2 is 2.15 bits per heavy atom. The molecule has 26 heavy (non-hydrogen) atoms. The Morgan fingerprint density at radius 1 is 1.38 bits per heavy atom. The predicted molar refractivity (Wildman–Crippen MR) is 100 cm³/mol. The lowest BCUT2D eigenvalue weighted by Gasteiger charge is -2.33. The summed E-state index contributed by atoms with van der Waals surface area (Å²) in [4.78, 5) is 28.3. The standard InChI is InChI=1S/C18H25NO5S2/c1-3-12(2)19(14-7-8-26(22,23)11-14)17(20)10-24-18(21)16-9-13-5-4-6-15(13)25-16/h9,12,14H,3-8,10-11H2,1-2H3/t12-,14-/m0/s1. The molecular formula is C18H25NO5S2. The summed E-state index contributed by atoms with van der Waals surface area (Å²) in [6, 6.07) is 1.45. The van der Waals surface area contributed by atoms with Crippen LogP contribution in [-0.2, 0) is 32.2 Å². The molecule has 0 aromatic carbocycles. The lowest BCUT2D eigenvalue weighted by molar-refractivity contribution is -0.138. The Bertz CT molecular complexity index is 777. The smallest absolute Gasteiger partial charge is 0.348 e. The Kier molecular flexibility index (Phi) is 5.72. The van der Waals surface area contributed by atoms with E-state index in [1.807, 2.05) is 19.9 Å². The molecule has 6 nitrogen and oxygen atoms in total. The van der Waals surface area contributed by atoms with E-state index in [2.05, 4.69) is 0 Å².